The molecule has 6 heteroatoms. The number of nitrogens with two attached hydrogens (primary N) is 1. The molecule has 1 aliphatic carbocycles. The van der Waals surface area contributed by atoms with Crippen molar-refractivity contribution >= 4 is 18.3 Å². The minimum Gasteiger partial charge on any atom is -0.349 e. The van der Waals surface area contributed by atoms with Gasteiger partial charge in [-0.1, -0.05) is 19.3 Å². The number of amides is 1. The second-order valence-electron chi connectivity index (χ2n) is 4.85. The number of halogens is 1. The Balaban J connectivity index is 0.00000162. The van der Waals surface area contributed by atoms with Crippen LogP contribution >= 0.6 is 12.4 Å². The fourth-order valence-electron chi connectivity index (χ4n) is 2.33. The van der Waals surface area contributed by atoms with Crippen LogP contribution in [-0.4, -0.2) is 21.2 Å². The minimum atomic E-state index is -0.656. The molecule has 0 spiro atoms. The van der Waals surface area contributed by atoms with Crippen molar-refractivity contribution in [1.29, 1.82) is 0 Å². The summed E-state index contributed by atoms with van der Waals surface area (Å²) < 4.78 is 1.75. The van der Waals surface area contributed by atoms with Crippen LogP contribution in [0, 0.1) is 0 Å². The van der Waals surface area contributed by atoms with E-state index in [0.29, 0.717) is 6.54 Å². The number of aryl methyl sites for hydroxylation is 1. The Morgan fingerprint density at radius 3 is 2.72 bits per heavy atom. The molecule has 1 aliphatic rings. The highest BCUT2D eigenvalue weighted by Crippen LogP contribution is 2.25. The van der Waals surface area contributed by atoms with E-state index in [-0.39, 0.29) is 18.3 Å². The number of rotatable bonds is 3. The summed E-state index contributed by atoms with van der Waals surface area (Å²) in [5, 5.41) is 6.97. The summed E-state index contributed by atoms with van der Waals surface area (Å²) in [7, 11) is 1.86. The average Bonchev–Trinajstić information content (AvgIpc) is 2.73. The molecule has 1 aromatic rings. The molecule has 0 aliphatic heterocycles. The van der Waals surface area contributed by atoms with Gasteiger partial charge in [0.1, 0.15) is 0 Å². The zero-order valence-corrected chi connectivity index (χ0v) is 11.5. The van der Waals surface area contributed by atoms with E-state index in [1.54, 1.807) is 10.9 Å². The van der Waals surface area contributed by atoms with Crippen LogP contribution in [0.4, 0.5) is 0 Å². The predicted octanol–water partition coefficient (Wildman–Crippen LogP) is 1.12. The topological polar surface area (TPSA) is 72.9 Å². The van der Waals surface area contributed by atoms with E-state index in [4.69, 9.17) is 5.73 Å². The van der Waals surface area contributed by atoms with Gasteiger partial charge < -0.3 is 11.1 Å². The van der Waals surface area contributed by atoms with Gasteiger partial charge in [-0.15, -0.1) is 12.4 Å². The summed E-state index contributed by atoms with van der Waals surface area (Å²) in [5.74, 6) is -0.0293. The summed E-state index contributed by atoms with van der Waals surface area (Å²) in [6, 6.07) is 1.89. The zero-order valence-electron chi connectivity index (χ0n) is 10.7. The highest BCUT2D eigenvalue weighted by atomic mass is 35.5. The first-order valence-corrected chi connectivity index (χ1v) is 6.16. The summed E-state index contributed by atoms with van der Waals surface area (Å²) in [4.78, 5) is 12.1. The standard InChI is InChI=1S/C12H20N4O.ClH/c1-16-10(5-8-15-16)9-14-11(17)12(13)6-3-2-4-7-12;/h5,8H,2-4,6-7,9,13H2,1H3,(H,14,17);1H. The van der Waals surface area contributed by atoms with Crippen molar-refractivity contribution in [3.05, 3.63) is 18.0 Å². The fourth-order valence-corrected chi connectivity index (χ4v) is 2.33. The molecule has 2 rings (SSSR count). The van der Waals surface area contributed by atoms with Crippen molar-refractivity contribution in [2.24, 2.45) is 12.8 Å². The number of carbonyl (C=O) groups is 1. The molecule has 0 bridgehead atoms. The Bertz CT molecular complexity index is 399. The first kappa shape index (κ1) is 15.0. The largest absolute Gasteiger partial charge is 0.349 e. The number of hydrogen-bond acceptors (Lipinski definition) is 3. The molecule has 0 unspecified atom stereocenters. The van der Waals surface area contributed by atoms with Gasteiger partial charge in [-0.05, 0) is 18.9 Å². The molecule has 102 valence electrons. The van der Waals surface area contributed by atoms with Crippen LogP contribution in [0.25, 0.3) is 0 Å². The Labute approximate surface area is 114 Å². The molecule has 0 radical (unpaired) electrons. The first-order valence-electron chi connectivity index (χ1n) is 6.16. The van der Waals surface area contributed by atoms with Gasteiger partial charge in [0.05, 0.1) is 17.8 Å². The molecular weight excluding hydrogens is 252 g/mol. The van der Waals surface area contributed by atoms with Gasteiger partial charge in [0, 0.05) is 13.2 Å². The molecule has 1 aromatic heterocycles. The Kier molecular flexibility index (Phi) is 5.16. The molecule has 3 N–H and O–H groups in total. The lowest BCUT2D eigenvalue weighted by molar-refractivity contribution is -0.127. The van der Waals surface area contributed by atoms with Crippen molar-refractivity contribution < 1.29 is 4.79 Å². The van der Waals surface area contributed by atoms with E-state index < -0.39 is 5.54 Å². The van der Waals surface area contributed by atoms with Crippen LogP contribution in [0.15, 0.2) is 12.3 Å². The van der Waals surface area contributed by atoms with E-state index in [1.165, 1.54) is 6.42 Å². The van der Waals surface area contributed by atoms with Crippen LogP contribution in [-0.2, 0) is 18.4 Å². The van der Waals surface area contributed by atoms with Crippen LogP contribution < -0.4 is 11.1 Å². The van der Waals surface area contributed by atoms with Gasteiger partial charge in [0.25, 0.3) is 0 Å². The van der Waals surface area contributed by atoms with Gasteiger partial charge >= 0.3 is 0 Å². The number of nitrogens with zero attached hydrogens (tertiary/aromatic N) is 2. The van der Waals surface area contributed by atoms with Crippen molar-refractivity contribution in [1.82, 2.24) is 15.1 Å². The van der Waals surface area contributed by atoms with Gasteiger partial charge in [-0.2, -0.15) is 5.10 Å². The molecule has 5 nitrogen and oxygen atoms in total. The Morgan fingerprint density at radius 1 is 1.50 bits per heavy atom. The molecule has 0 atom stereocenters. The van der Waals surface area contributed by atoms with Gasteiger partial charge in [-0.25, -0.2) is 0 Å². The molecule has 1 saturated carbocycles. The van der Waals surface area contributed by atoms with Crippen molar-refractivity contribution in [2.75, 3.05) is 0 Å². The molecule has 1 fully saturated rings. The van der Waals surface area contributed by atoms with Crippen LogP contribution in [0.3, 0.4) is 0 Å². The number of hydrogen-bond donors (Lipinski definition) is 2. The quantitative estimate of drug-likeness (QED) is 0.866. The van der Waals surface area contributed by atoms with E-state index in [0.717, 1.165) is 31.4 Å². The monoisotopic (exact) mass is 272 g/mol. The third-order valence-corrected chi connectivity index (χ3v) is 3.55. The van der Waals surface area contributed by atoms with Crippen molar-refractivity contribution in [3.8, 4) is 0 Å². The van der Waals surface area contributed by atoms with Gasteiger partial charge in [0.2, 0.25) is 5.91 Å². The maximum atomic E-state index is 12.1. The highest BCUT2D eigenvalue weighted by Gasteiger charge is 2.34. The lowest BCUT2D eigenvalue weighted by Crippen LogP contribution is -2.54. The molecule has 18 heavy (non-hydrogen) atoms. The molecule has 1 amide bonds. The van der Waals surface area contributed by atoms with Crippen LogP contribution in [0.5, 0.6) is 0 Å². The molecular formula is C12H21ClN4O. The minimum absolute atomic E-state index is 0. The van der Waals surface area contributed by atoms with Crippen LogP contribution in [0.2, 0.25) is 0 Å². The lowest BCUT2D eigenvalue weighted by Gasteiger charge is -2.31. The second-order valence-corrected chi connectivity index (χ2v) is 4.85. The fraction of sp³-hybridized carbons (Fsp3) is 0.667. The van der Waals surface area contributed by atoms with E-state index in [9.17, 15) is 4.79 Å². The van der Waals surface area contributed by atoms with E-state index in [2.05, 4.69) is 10.4 Å². The zero-order chi connectivity index (χ0) is 12.3. The highest BCUT2D eigenvalue weighted by molar-refractivity contribution is 5.86. The van der Waals surface area contributed by atoms with E-state index in [1.807, 2.05) is 13.1 Å². The van der Waals surface area contributed by atoms with Gasteiger partial charge in [0.15, 0.2) is 0 Å². The number of aromatic nitrogens is 2. The first-order chi connectivity index (χ1) is 8.12. The summed E-state index contributed by atoms with van der Waals surface area (Å²) >= 11 is 0. The summed E-state index contributed by atoms with van der Waals surface area (Å²) in [5.41, 5.74) is 6.47. The Morgan fingerprint density at radius 2 is 2.17 bits per heavy atom. The molecule has 0 aromatic carbocycles. The number of nitrogens with one attached hydrogen (secondary N) is 1. The lowest BCUT2D eigenvalue weighted by atomic mass is 9.82. The van der Waals surface area contributed by atoms with Crippen LogP contribution in [0.1, 0.15) is 37.8 Å². The summed E-state index contributed by atoms with van der Waals surface area (Å²) in [6.45, 7) is 0.494. The average molecular weight is 273 g/mol. The third kappa shape index (κ3) is 3.23. The van der Waals surface area contributed by atoms with Gasteiger partial charge in [-0.3, -0.25) is 9.48 Å². The normalized spacial score (nSPS) is 17.9. The maximum Gasteiger partial charge on any atom is 0.240 e. The smallest absolute Gasteiger partial charge is 0.240 e. The third-order valence-electron chi connectivity index (χ3n) is 3.55. The predicted molar refractivity (Wildman–Crippen MR) is 72.3 cm³/mol. The van der Waals surface area contributed by atoms with Crippen molar-refractivity contribution in [2.45, 2.75) is 44.2 Å². The summed E-state index contributed by atoms with van der Waals surface area (Å²) in [6.07, 6.45) is 6.61. The van der Waals surface area contributed by atoms with E-state index >= 15 is 0 Å². The SMILES string of the molecule is Cl.Cn1nccc1CNC(=O)C1(N)CCCCC1. The van der Waals surface area contributed by atoms with Crippen molar-refractivity contribution in [3.63, 3.8) is 0 Å². The molecule has 1 heterocycles. The number of carbonyl (C=O) groups excluding carboxylic acids is 1. The second kappa shape index (κ2) is 6.20. The maximum absolute atomic E-state index is 12.1. The Hall–Kier alpha value is -1.07. The molecule has 0 saturated heterocycles.